The van der Waals surface area contributed by atoms with Crippen LogP contribution in [-0.4, -0.2) is 20.4 Å². The van der Waals surface area contributed by atoms with Crippen LogP contribution in [0.25, 0.3) is 21.9 Å². The second-order valence-electron chi connectivity index (χ2n) is 7.48. The molecule has 0 radical (unpaired) electrons. The van der Waals surface area contributed by atoms with E-state index in [9.17, 15) is 30.0 Å². The van der Waals surface area contributed by atoms with E-state index in [0.29, 0.717) is 0 Å². The van der Waals surface area contributed by atoms with E-state index >= 15 is 0 Å². The Hall–Kier alpha value is -4.72. The number of hydrogen-bond donors (Lipinski definition) is 4. The van der Waals surface area contributed by atoms with Gasteiger partial charge in [-0.05, 0) is 42.0 Å². The Bertz CT molecular complexity index is 1560. The van der Waals surface area contributed by atoms with Gasteiger partial charge in [0.05, 0.1) is 27.8 Å². The maximum Gasteiger partial charge on any atom is 0.344 e. The molecule has 0 bridgehead atoms. The summed E-state index contributed by atoms with van der Waals surface area (Å²) in [5.41, 5.74) is -2.18. The smallest absolute Gasteiger partial charge is 0.344 e. The summed E-state index contributed by atoms with van der Waals surface area (Å²) < 4.78 is 10.8. The van der Waals surface area contributed by atoms with E-state index in [4.69, 9.17) is 8.83 Å². The molecule has 2 heterocycles. The van der Waals surface area contributed by atoms with Gasteiger partial charge in [-0.2, -0.15) is 0 Å². The Kier molecular flexibility index (Phi) is 4.56. The number of rotatable bonds is 3. The summed E-state index contributed by atoms with van der Waals surface area (Å²) in [6, 6.07) is 16.2. The maximum atomic E-state index is 13.0. The lowest BCUT2D eigenvalue weighted by atomic mass is 9.84. The number of phenolic OH excluding ortho intramolecular Hbond substituents is 2. The van der Waals surface area contributed by atoms with Crippen molar-refractivity contribution >= 4 is 21.9 Å². The molecule has 0 unspecified atom stereocenters. The van der Waals surface area contributed by atoms with Crippen LogP contribution in [0.3, 0.4) is 0 Å². The predicted molar refractivity (Wildman–Crippen MR) is 119 cm³/mol. The monoisotopic (exact) mass is 444 g/mol. The van der Waals surface area contributed by atoms with Crippen molar-refractivity contribution in [1.82, 2.24) is 0 Å². The molecule has 8 heteroatoms. The number of para-hydroxylation sites is 2. The summed E-state index contributed by atoms with van der Waals surface area (Å²) in [5, 5.41) is 42.4. The fourth-order valence-electron chi connectivity index (χ4n) is 4.00. The van der Waals surface area contributed by atoms with Crippen LogP contribution in [0.4, 0.5) is 0 Å². The molecule has 0 saturated heterocycles. The van der Waals surface area contributed by atoms with Crippen LogP contribution in [0.1, 0.15) is 22.6 Å². The SMILES string of the molecule is O=c1oc2ccccc2c(O)c1C(c1ccc(O)c(O)c1)c1c(O)c2ccccc2oc1=O. The highest BCUT2D eigenvalue weighted by Gasteiger charge is 2.32. The van der Waals surface area contributed by atoms with Crippen molar-refractivity contribution < 1.29 is 29.3 Å². The van der Waals surface area contributed by atoms with Gasteiger partial charge in [-0.25, -0.2) is 9.59 Å². The van der Waals surface area contributed by atoms with Gasteiger partial charge < -0.3 is 29.3 Å². The minimum absolute atomic E-state index is 0.126. The minimum Gasteiger partial charge on any atom is -0.507 e. The van der Waals surface area contributed by atoms with E-state index in [1.165, 1.54) is 30.3 Å². The van der Waals surface area contributed by atoms with Crippen LogP contribution in [0.2, 0.25) is 0 Å². The van der Waals surface area contributed by atoms with Crippen LogP contribution >= 0.6 is 0 Å². The van der Waals surface area contributed by atoms with Crippen LogP contribution in [-0.2, 0) is 0 Å². The molecule has 0 saturated carbocycles. The lowest BCUT2D eigenvalue weighted by Gasteiger charge is -2.20. The summed E-state index contributed by atoms with van der Waals surface area (Å²) in [6.45, 7) is 0. The highest BCUT2D eigenvalue weighted by Crippen LogP contribution is 2.43. The van der Waals surface area contributed by atoms with Gasteiger partial charge in [0.1, 0.15) is 22.7 Å². The highest BCUT2D eigenvalue weighted by molar-refractivity contribution is 5.87. The van der Waals surface area contributed by atoms with Gasteiger partial charge in [0, 0.05) is 0 Å². The molecule has 3 aromatic carbocycles. The van der Waals surface area contributed by atoms with Crippen molar-refractivity contribution in [3.8, 4) is 23.0 Å². The standard InChI is InChI=1S/C25H16O8/c26-15-10-9-12(11-16(15)27)19(20-22(28)13-5-1-3-7-17(13)32-24(20)30)21-23(29)14-6-2-4-8-18(14)33-25(21)31/h1-11,19,26-29H. The molecule has 0 atom stereocenters. The van der Waals surface area contributed by atoms with Gasteiger partial charge in [-0.15, -0.1) is 0 Å². The quantitative estimate of drug-likeness (QED) is 0.242. The Morgan fingerprint density at radius 1 is 0.606 bits per heavy atom. The van der Waals surface area contributed by atoms with Crippen LogP contribution in [0, 0.1) is 0 Å². The average molecular weight is 444 g/mol. The highest BCUT2D eigenvalue weighted by atomic mass is 16.4. The maximum absolute atomic E-state index is 13.0. The number of fused-ring (bicyclic) bond motifs is 2. The summed E-state index contributed by atoms with van der Waals surface area (Å²) >= 11 is 0. The van der Waals surface area contributed by atoms with Gasteiger partial charge >= 0.3 is 11.3 Å². The van der Waals surface area contributed by atoms with Gasteiger partial charge in [-0.1, -0.05) is 30.3 Å². The molecule has 2 aromatic heterocycles. The van der Waals surface area contributed by atoms with Gasteiger partial charge in [0.15, 0.2) is 11.5 Å². The molecule has 4 N–H and O–H groups in total. The van der Waals surface area contributed by atoms with Crippen molar-refractivity contribution in [1.29, 1.82) is 0 Å². The molecule has 5 aromatic rings. The second kappa shape index (κ2) is 7.45. The molecule has 0 spiro atoms. The number of hydrogen-bond acceptors (Lipinski definition) is 8. The van der Waals surface area contributed by atoms with Crippen LogP contribution in [0.15, 0.2) is 85.2 Å². The first-order valence-corrected chi connectivity index (χ1v) is 9.88. The molecule has 0 fully saturated rings. The van der Waals surface area contributed by atoms with Crippen molar-refractivity contribution in [3.05, 3.63) is 104 Å². The molecule has 5 rings (SSSR count). The van der Waals surface area contributed by atoms with Gasteiger partial charge in [-0.3, -0.25) is 0 Å². The Morgan fingerprint density at radius 3 is 1.58 bits per heavy atom. The average Bonchev–Trinajstić information content (AvgIpc) is 2.80. The number of phenols is 2. The molecule has 33 heavy (non-hydrogen) atoms. The van der Waals surface area contributed by atoms with Crippen LogP contribution < -0.4 is 11.3 Å². The Labute approximate surface area is 184 Å². The minimum atomic E-state index is -1.39. The number of benzene rings is 3. The third kappa shape index (κ3) is 3.16. The zero-order valence-corrected chi connectivity index (χ0v) is 16.9. The fourth-order valence-corrected chi connectivity index (χ4v) is 4.00. The molecule has 0 aliphatic heterocycles. The van der Waals surface area contributed by atoms with E-state index in [2.05, 4.69) is 0 Å². The largest absolute Gasteiger partial charge is 0.507 e. The van der Waals surface area contributed by atoms with Gasteiger partial charge in [0.2, 0.25) is 0 Å². The van der Waals surface area contributed by atoms with E-state index in [1.807, 2.05) is 0 Å². The van der Waals surface area contributed by atoms with E-state index in [-0.39, 0.29) is 38.6 Å². The summed E-state index contributed by atoms with van der Waals surface area (Å²) in [4.78, 5) is 26.1. The zero-order valence-electron chi connectivity index (χ0n) is 16.9. The predicted octanol–water partition coefficient (Wildman–Crippen LogP) is 3.90. The first kappa shape index (κ1) is 20.2. The molecule has 8 nitrogen and oxygen atoms in total. The summed E-state index contributed by atoms with van der Waals surface area (Å²) in [5.74, 6) is -3.25. The molecule has 0 amide bonds. The normalized spacial score (nSPS) is 11.4. The first-order valence-electron chi connectivity index (χ1n) is 9.88. The second-order valence-corrected chi connectivity index (χ2v) is 7.48. The van der Waals surface area contributed by atoms with Crippen molar-refractivity contribution in [2.75, 3.05) is 0 Å². The molecular formula is C25H16O8. The molecular weight excluding hydrogens is 428 g/mol. The van der Waals surface area contributed by atoms with E-state index in [1.54, 1.807) is 24.3 Å². The van der Waals surface area contributed by atoms with E-state index < -0.39 is 40.2 Å². The molecule has 0 aliphatic carbocycles. The zero-order chi connectivity index (χ0) is 23.3. The first-order chi connectivity index (χ1) is 15.9. The lowest BCUT2D eigenvalue weighted by Crippen LogP contribution is -2.21. The molecule has 0 aliphatic rings. The van der Waals surface area contributed by atoms with E-state index in [0.717, 1.165) is 12.1 Å². The third-order valence-corrected chi connectivity index (χ3v) is 5.55. The van der Waals surface area contributed by atoms with Crippen molar-refractivity contribution in [2.45, 2.75) is 5.92 Å². The van der Waals surface area contributed by atoms with Crippen molar-refractivity contribution in [2.24, 2.45) is 0 Å². The Balaban J connectivity index is 1.92. The third-order valence-electron chi connectivity index (χ3n) is 5.55. The molecule has 164 valence electrons. The van der Waals surface area contributed by atoms with Crippen LogP contribution in [0.5, 0.6) is 23.0 Å². The summed E-state index contributed by atoms with van der Waals surface area (Å²) in [6.07, 6.45) is 0. The topological polar surface area (TPSA) is 141 Å². The Morgan fingerprint density at radius 2 is 1.09 bits per heavy atom. The van der Waals surface area contributed by atoms with Gasteiger partial charge in [0.25, 0.3) is 0 Å². The fraction of sp³-hybridized carbons (Fsp3) is 0.0400. The summed E-state index contributed by atoms with van der Waals surface area (Å²) in [7, 11) is 0. The van der Waals surface area contributed by atoms with Crippen molar-refractivity contribution in [3.63, 3.8) is 0 Å². The number of aromatic hydroxyl groups is 4. The lowest BCUT2D eigenvalue weighted by molar-refractivity contribution is 0.402.